The van der Waals surface area contributed by atoms with E-state index in [1.54, 1.807) is 23.0 Å². The van der Waals surface area contributed by atoms with E-state index in [1.807, 2.05) is 33.8 Å². The minimum Gasteiger partial charge on any atom is -0.359 e. The molecule has 0 saturated carbocycles. The molecule has 1 amide bonds. The summed E-state index contributed by atoms with van der Waals surface area (Å²) in [4.78, 5) is 16.3. The van der Waals surface area contributed by atoms with Gasteiger partial charge in [0.2, 0.25) is 5.91 Å². The van der Waals surface area contributed by atoms with Crippen LogP contribution in [0.5, 0.6) is 0 Å². The number of rotatable bonds is 3. The third-order valence-electron chi connectivity index (χ3n) is 2.51. The minimum absolute atomic E-state index is 0.0531. The van der Waals surface area contributed by atoms with Crippen molar-refractivity contribution in [3.8, 4) is 0 Å². The van der Waals surface area contributed by atoms with Gasteiger partial charge in [-0.15, -0.1) is 0 Å². The molecule has 1 unspecified atom stereocenters. The van der Waals surface area contributed by atoms with Crippen molar-refractivity contribution in [2.45, 2.75) is 39.3 Å². The smallest absolute Gasteiger partial charge is 0.242 e. The molecule has 2 N–H and O–H groups in total. The molecule has 0 aliphatic heterocycles. The van der Waals surface area contributed by atoms with Gasteiger partial charge < -0.3 is 10.6 Å². The van der Waals surface area contributed by atoms with Crippen molar-refractivity contribution in [2.75, 3.05) is 5.32 Å². The summed E-state index contributed by atoms with van der Waals surface area (Å²) < 4.78 is 1.67. The summed E-state index contributed by atoms with van der Waals surface area (Å²) in [6, 6.07) is 3.25. The Morgan fingerprint density at radius 3 is 2.79 bits per heavy atom. The Morgan fingerprint density at radius 1 is 1.37 bits per heavy atom. The van der Waals surface area contributed by atoms with E-state index < -0.39 is 0 Å². The standard InChI is InChI=1S/C13H19N5O/c1-9(12(19)17-13(2,3)4)15-10-6-8-18-11(16-10)5-7-14-18/h5-9H,1-4H3,(H,15,16)(H,17,19). The van der Waals surface area contributed by atoms with Crippen LogP contribution in [0, 0.1) is 0 Å². The van der Waals surface area contributed by atoms with Crippen LogP contribution < -0.4 is 10.6 Å². The second-order valence-electron chi connectivity index (χ2n) is 5.55. The largest absolute Gasteiger partial charge is 0.359 e. The first-order valence-electron chi connectivity index (χ1n) is 6.24. The lowest BCUT2D eigenvalue weighted by Crippen LogP contribution is -2.47. The summed E-state index contributed by atoms with van der Waals surface area (Å²) in [6.45, 7) is 7.67. The highest BCUT2D eigenvalue weighted by molar-refractivity contribution is 5.84. The predicted molar refractivity (Wildman–Crippen MR) is 74.0 cm³/mol. The Balaban J connectivity index is 2.05. The second-order valence-corrected chi connectivity index (χ2v) is 5.55. The van der Waals surface area contributed by atoms with Gasteiger partial charge in [-0.3, -0.25) is 4.79 Å². The Hall–Kier alpha value is -2.11. The van der Waals surface area contributed by atoms with E-state index in [0.29, 0.717) is 5.82 Å². The van der Waals surface area contributed by atoms with Crippen LogP contribution in [0.2, 0.25) is 0 Å². The zero-order chi connectivity index (χ0) is 14.0. The highest BCUT2D eigenvalue weighted by Crippen LogP contribution is 2.08. The lowest BCUT2D eigenvalue weighted by atomic mass is 10.1. The van der Waals surface area contributed by atoms with Crippen LogP contribution in [0.4, 0.5) is 5.82 Å². The van der Waals surface area contributed by atoms with E-state index in [-0.39, 0.29) is 17.5 Å². The molecule has 19 heavy (non-hydrogen) atoms. The van der Waals surface area contributed by atoms with Crippen molar-refractivity contribution in [1.29, 1.82) is 0 Å². The van der Waals surface area contributed by atoms with Gasteiger partial charge in [0, 0.05) is 17.8 Å². The van der Waals surface area contributed by atoms with Crippen LogP contribution in [-0.4, -0.2) is 32.1 Å². The molecular formula is C13H19N5O. The molecule has 6 nitrogen and oxygen atoms in total. The normalized spacial score (nSPS) is 13.3. The minimum atomic E-state index is -0.350. The predicted octanol–water partition coefficient (Wildman–Crippen LogP) is 1.44. The van der Waals surface area contributed by atoms with Gasteiger partial charge in [0.25, 0.3) is 0 Å². The third-order valence-corrected chi connectivity index (χ3v) is 2.51. The van der Waals surface area contributed by atoms with Crippen LogP contribution in [0.3, 0.4) is 0 Å². The fraction of sp³-hybridized carbons (Fsp3) is 0.462. The first-order valence-corrected chi connectivity index (χ1v) is 6.24. The van der Waals surface area contributed by atoms with E-state index in [1.165, 1.54) is 0 Å². The number of carbonyl (C=O) groups is 1. The maximum absolute atomic E-state index is 12.0. The quantitative estimate of drug-likeness (QED) is 0.877. The van der Waals surface area contributed by atoms with Gasteiger partial charge in [0.1, 0.15) is 11.9 Å². The van der Waals surface area contributed by atoms with Crippen LogP contribution >= 0.6 is 0 Å². The summed E-state index contributed by atoms with van der Waals surface area (Å²) in [7, 11) is 0. The highest BCUT2D eigenvalue weighted by Gasteiger charge is 2.19. The number of aromatic nitrogens is 3. The molecule has 102 valence electrons. The van der Waals surface area contributed by atoms with Crippen molar-refractivity contribution >= 4 is 17.4 Å². The molecule has 0 bridgehead atoms. The number of nitrogens with zero attached hydrogens (tertiary/aromatic N) is 3. The molecule has 0 aliphatic rings. The zero-order valence-electron chi connectivity index (χ0n) is 11.6. The first-order chi connectivity index (χ1) is 8.85. The van der Waals surface area contributed by atoms with E-state index in [0.717, 1.165) is 5.65 Å². The van der Waals surface area contributed by atoms with Gasteiger partial charge in [-0.25, -0.2) is 9.50 Å². The molecule has 0 saturated heterocycles. The topological polar surface area (TPSA) is 71.3 Å². The van der Waals surface area contributed by atoms with Gasteiger partial charge >= 0.3 is 0 Å². The number of hydrogen-bond donors (Lipinski definition) is 2. The monoisotopic (exact) mass is 261 g/mol. The molecular weight excluding hydrogens is 242 g/mol. The van der Waals surface area contributed by atoms with Gasteiger partial charge in [-0.1, -0.05) is 0 Å². The fourth-order valence-electron chi connectivity index (χ4n) is 1.66. The summed E-state index contributed by atoms with van der Waals surface area (Å²) >= 11 is 0. The maximum atomic E-state index is 12.0. The lowest BCUT2D eigenvalue weighted by Gasteiger charge is -2.23. The Bertz CT molecular complexity index is 584. The van der Waals surface area contributed by atoms with Crippen molar-refractivity contribution in [3.05, 3.63) is 24.5 Å². The second kappa shape index (κ2) is 4.87. The van der Waals surface area contributed by atoms with E-state index in [2.05, 4.69) is 20.7 Å². The zero-order valence-corrected chi connectivity index (χ0v) is 11.6. The number of carbonyl (C=O) groups excluding carboxylic acids is 1. The van der Waals surface area contributed by atoms with Crippen molar-refractivity contribution in [2.24, 2.45) is 0 Å². The Morgan fingerprint density at radius 2 is 2.11 bits per heavy atom. The average Bonchev–Trinajstić information content (AvgIpc) is 2.73. The molecule has 2 heterocycles. The molecule has 6 heteroatoms. The Kier molecular flexibility index (Phi) is 3.42. The summed E-state index contributed by atoms with van der Waals surface area (Å²) in [6.07, 6.45) is 3.49. The molecule has 0 aliphatic carbocycles. The van der Waals surface area contributed by atoms with Crippen LogP contribution in [0.25, 0.3) is 5.65 Å². The van der Waals surface area contributed by atoms with E-state index in [4.69, 9.17) is 0 Å². The molecule has 2 aromatic heterocycles. The number of amides is 1. The molecule has 0 aromatic carbocycles. The summed E-state index contributed by atoms with van der Waals surface area (Å²) in [5.74, 6) is 0.604. The number of nitrogens with one attached hydrogen (secondary N) is 2. The molecule has 0 spiro atoms. The van der Waals surface area contributed by atoms with Gasteiger partial charge in [0.15, 0.2) is 5.65 Å². The fourth-order valence-corrected chi connectivity index (χ4v) is 1.66. The Labute approximate surface area is 112 Å². The van der Waals surface area contributed by atoms with Crippen LogP contribution in [0.1, 0.15) is 27.7 Å². The van der Waals surface area contributed by atoms with Crippen molar-refractivity contribution in [3.63, 3.8) is 0 Å². The number of fused-ring (bicyclic) bond motifs is 1. The van der Waals surface area contributed by atoms with E-state index in [9.17, 15) is 4.79 Å². The molecule has 2 aromatic rings. The molecule has 0 radical (unpaired) electrons. The number of hydrogen-bond acceptors (Lipinski definition) is 4. The highest BCUT2D eigenvalue weighted by atomic mass is 16.2. The third kappa shape index (κ3) is 3.43. The van der Waals surface area contributed by atoms with Crippen LogP contribution in [-0.2, 0) is 4.79 Å². The molecule has 2 rings (SSSR count). The lowest BCUT2D eigenvalue weighted by molar-refractivity contribution is -0.122. The van der Waals surface area contributed by atoms with Crippen LogP contribution in [0.15, 0.2) is 24.5 Å². The first kappa shape index (κ1) is 13.3. The molecule has 1 atom stereocenters. The summed E-state index contributed by atoms with van der Waals surface area (Å²) in [5.41, 5.74) is 0.504. The maximum Gasteiger partial charge on any atom is 0.242 e. The van der Waals surface area contributed by atoms with Crippen molar-refractivity contribution in [1.82, 2.24) is 19.9 Å². The van der Waals surface area contributed by atoms with Gasteiger partial charge in [0.05, 0.1) is 6.20 Å². The summed E-state index contributed by atoms with van der Waals surface area (Å²) in [5, 5.41) is 10.1. The SMILES string of the molecule is CC(Nc1ccn2nccc2n1)C(=O)NC(C)(C)C. The number of anilines is 1. The van der Waals surface area contributed by atoms with Crippen molar-refractivity contribution < 1.29 is 4.79 Å². The molecule has 0 fully saturated rings. The average molecular weight is 261 g/mol. The van der Waals surface area contributed by atoms with Gasteiger partial charge in [-0.05, 0) is 33.8 Å². The van der Waals surface area contributed by atoms with Gasteiger partial charge in [-0.2, -0.15) is 5.10 Å². The van der Waals surface area contributed by atoms with E-state index >= 15 is 0 Å².